The minimum atomic E-state index is 0.622. The van der Waals surface area contributed by atoms with Crippen LogP contribution in [0.4, 0.5) is 0 Å². The third-order valence-electron chi connectivity index (χ3n) is 3.05. The minimum Gasteiger partial charge on any atom is -0.298 e. The first-order valence-corrected chi connectivity index (χ1v) is 5.75. The highest BCUT2D eigenvalue weighted by Gasteiger charge is 2.24. The number of aldehydes is 1. The molecule has 1 aliphatic carbocycles. The third-order valence-corrected chi connectivity index (χ3v) is 3.05. The van der Waals surface area contributed by atoms with Gasteiger partial charge in [-0.15, -0.1) is 0 Å². The zero-order chi connectivity index (χ0) is 11.7. The summed E-state index contributed by atoms with van der Waals surface area (Å²) in [5.74, 6) is 1.28. The third kappa shape index (κ3) is 1.96. The fraction of sp³-hybridized carbons (Fsp3) is 0.214. The predicted molar refractivity (Wildman–Crippen MR) is 64.8 cm³/mol. The zero-order valence-corrected chi connectivity index (χ0v) is 9.34. The van der Waals surface area contributed by atoms with E-state index in [-0.39, 0.29) is 0 Å². The Morgan fingerprint density at radius 1 is 1.12 bits per heavy atom. The molecule has 1 aromatic heterocycles. The molecular weight excluding hydrogens is 212 g/mol. The molecule has 3 heteroatoms. The largest absolute Gasteiger partial charge is 0.298 e. The lowest BCUT2D eigenvalue weighted by atomic mass is 10.1. The smallest absolute Gasteiger partial charge is 0.159 e. The first-order valence-electron chi connectivity index (χ1n) is 5.75. The highest BCUT2D eigenvalue weighted by atomic mass is 16.1. The van der Waals surface area contributed by atoms with Crippen LogP contribution in [0.5, 0.6) is 0 Å². The standard InChI is InChI=1S/C14H12N2O/c17-9-11-3-1-2-4-13(11)14-15-7-12(8-16-14)10-5-6-10/h1-4,7-10H,5-6H2. The minimum absolute atomic E-state index is 0.622. The van der Waals surface area contributed by atoms with Gasteiger partial charge in [0.05, 0.1) is 0 Å². The summed E-state index contributed by atoms with van der Waals surface area (Å²) in [6.45, 7) is 0. The van der Waals surface area contributed by atoms with Crippen LogP contribution >= 0.6 is 0 Å². The van der Waals surface area contributed by atoms with Gasteiger partial charge in [-0.25, -0.2) is 9.97 Å². The maximum atomic E-state index is 10.9. The number of carbonyl (C=O) groups excluding carboxylic acids is 1. The number of carbonyl (C=O) groups is 1. The van der Waals surface area contributed by atoms with Crippen molar-refractivity contribution in [3.63, 3.8) is 0 Å². The molecule has 0 N–H and O–H groups in total. The summed E-state index contributed by atoms with van der Waals surface area (Å²) in [6.07, 6.45) is 7.08. The van der Waals surface area contributed by atoms with E-state index < -0.39 is 0 Å². The molecule has 1 aromatic carbocycles. The Bertz CT molecular complexity index is 544. The molecule has 1 saturated carbocycles. The molecule has 0 aliphatic heterocycles. The summed E-state index contributed by atoms with van der Waals surface area (Å²) in [7, 11) is 0. The van der Waals surface area contributed by atoms with Crippen LogP contribution in [0.25, 0.3) is 11.4 Å². The van der Waals surface area contributed by atoms with Crippen LogP contribution in [0.1, 0.15) is 34.7 Å². The first kappa shape index (κ1) is 10.1. The second-order valence-electron chi connectivity index (χ2n) is 4.32. The summed E-state index contributed by atoms with van der Waals surface area (Å²) >= 11 is 0. The van der Waals surface area contributed by atoms with Crippen LogP contribution in [0.15, 0.2) is 36.7 Å². The van der Waals surface area contributed by atoms with Crippen LogP contribution < -0.4 is 0 Å². The molecular formula is C14H12N2O. The number of hydrogen-bond donors (Lipinski definition) is 0. The Labute approximate surface area is 99.5 Å². The van der Waals surface area contributed by atoms with Gasteiger partial charge in [-0.3, -0.25) is 4.79 Å². The normalized spacial score (nSPS) is 14.6. The molecule has 2 aromatic rings. The van der Waals surface area contributed by atoms with E-state index in [0.717, 1.165) is 11.8 Å². The molecule has 0 atom stereocenters. The summed E-state index contributed by atoms with van der Waals surface area (Å²) in [5.41, 5.74) is 2.63. The molecule has 1 fully saturated rings. The van der Waals surface area contributed by atoms with E-state index in [9.17, 15) is 4.79 Å². The number of hydrogen-bond acceptors (Lipinski definition) is 3. The van der Waals surface area contributed by atoms with Crippen molar-refractivity contribution >= 4 is 6.29 Å². The monoisotopic (exact) mass is 224 g/mol. The van der Waals surface area contributed by atoms with Crippen molar-refractivity contribution < 1.29 is 4.79 Å². The molecule has 0 spiro atoms. The quantitative estimate of drug-likeness (QED) is 0.753. The Hall–Kier alpha value is -2.03. The molecule has 3 rings (SSSR count). The van der Waals surface area contributed by atoms with E-state index in [0.29, 0.717) is 17.3 Å². The van der Waals surface area contributed by atoms with Gasteiger partial charge in [0.15, 0.2) is 12.1 Å². The number of rotatable bonds is 3. The van der Waals surface area contributed by atoms with Gasteiger partial charge in [-0.05, 0) is 24.3 Å². The molecule has 84 valence electrons. The van der Waals surface area contributed by atoms with Gasteiger partial charge in [-0.1, -0.05) is 24.3 Å². The van der Waals surface area contributed by atoms with Crippen molar-refractivity contribution in [2.75, 3.05) is 0 Å². The van der Waals surface area contributed by atoms with Gasteiger partial charge in [-0.2, -0.15) is 0 Å². The zero-order valence-electron chi connectivity index (χ0n) is 9.34. The highest BCUT2D eigenvalue weighted by molar-refractivity contribution is 5.85. The molecule has 1 aliphatic rings. The number of benzene rings is 1. The van der Waals surface area contributed by atoms with Crippen molar-refractivity contribution in [3.05, 3.63) is 47.8 Å². The number of nitrogens with zero attached hydrogens (tertiary/aromatic N) is 2. The van der Waals surface area contributed by atoms with Crippen LogP contribution in [0, 0.1) is 0 Å². The van der Waals surface area contributed by atoms with Gasteiger partial charge in [0.25, 0.3) is 0 Å². The molecule has 0 unspecified atom stereocenters. The number of aromatic nitrogens is 2. The average molecular weight is 224 g/mol. The fourth-order valence-corrected chi connectivity index (χ4v) is 1.91. The van der Waals surface area contributed by atoms with Crippen LogP contribution in [-0.4, -0.2) is 16.3 Å². The molecule has 17 heavy (non-hydrogen) atoms. The second kappa shape index (κ2) is 4.09. The highest BCUT2D eigenvalue weighted by Crippen LogP contribution is 2.39. The summed E-state index contributed by atoms with van der Waals surface area (Å²) in [6, 6.07) is 7.38. The van der Waals surface area contributed by atoms with Crippen LogP contribution in [0.2, 0.25) is 0 Å². The van der Waals surface area contributed by atoms with Gasteiger partial charge < -0.3 is 0 Å². The van der Waals surface area contributed by atoms with Gasteiger partial charge in [0, 0.05) is 23.5 Å². The molecule has 0 amide bonds. The van der Waals surface area contributed by atoms with Crippen molar-refractivity contribution in [1.29, 1.82) is 0 Å². The molecule has 1 heterocycles. The van der Waals surface area contributed by atoms with E-state index in [4.69, 9.17) is 0 Å². The van der Waals surface area contributed by atoms with Gasteiger partial charge >= 0.3 is 0 Å². The molecule has 0 saturated heterocycles. The summed E-state index contributed by atoms with van der Waals surface area (Å²) in [5, 5.41) is 0. The van der Waals surface area contributed by atoms with Crippen molar-refractivity contribution in [2.24, 2.45) is 0 Å². The summed E-state index contributed by atoms with van der Waals surface area (Å²) < 4.78 is 0. The van der Waals surface area contributed by atoms with Crippen molar-refractivity contribution in [2.45, 2.75) is 18.8 Å². The van der Waals surface area contributed by atoms with Crippen LogP contribution in [0.3, 0.4) is 0 Å². The molecule has 0 radical (unpaired) electrons. The Morgan fingerprint density at radius 2 is 1.82 bits per heavy atom. The Balaban J connectivity index is 1.99. The lowest BCUT2D eigenvalue weighted by Gasteiger charge is -2.03. The molecule has 0 bridgehead atoms. The lowest BCUT2D eigenvalue weighted by molar-refractivity contribution is 0.112. The van der Waals surface area contributed by atoms with Gasteiger partial charge in [0.2, 0.25) is 0 Å². The predicted octanol–water partition coefficient (Wildman–Crippen LogP) is 2.83. The maximum Gasteiger partial charge on any atom is 0.159 e. The van der Waals surface area contributed by atoms with Crippen molar-refractivity contribution in [1.82, 2.24) is 9.97 Å². The fourth-order valence-electron chi connectivity index (χ4n) is 1.91. The van der Waals surface area contributed by atoms with E-state index >= 15 is 0 Å². The van der Waals surface area contributed by atoms with Gasteiger partial charge in [0.1, 0.15) is 0 Å². The van der Waals surface area contributed by atoms with Crippen LogP contribution in [-0.2, 0) is 0 Å². The van der Waals surface area contributed by atoms with Crippen molar-refractivity contribution in [3.8, 4) is 11.4 Å². The first-order chi connectivity index (χ1) is 8.38. The van der Waals surface area contributed by atoms with E-state index in [1.54, 1.807) is 6.07 Å². The SMILES string of the molecule is O=Cc1ccccc1-c1ncc(C2CC2)cn1. The average Bonchev–Trinajstić information content (AvgIpc) is 3.23. The van der Waals surface area contributed by atoms with E-state index in [1.807, 2.05) is 30.6 Å². The summed E-state index contributed by atoms with van der Waals surface area (Å²) in [4.78, 5) is 19.6. The molecule has 3 nitrogen and oxygen atoms in total. The topological polar surface area (TPSA) is 42.9 Å². The maximum absolute atomic E-state index is 10.9. The Kier molecular flexibility index (Phi) is 2.44. The van der Waals surface area contributed by atoms with E-state index in [2.05, 4.69) is 9.97 Å². The lowest BCUT2D eigenvalue weighted by Crippen LogP contribution is -1.94. The second-order valence-corrected chi connectivity index (χ2v) is 4.32. The van der Waals surface area contributed by atoms with E-state index in [1.165, 1.54) is 18.4 Å². The Morgan fingerprint density at radius 3 is 2.47 bits per heavy atom.